The van der Waals surface area contributed by atoms with Crippen LogP contribution in [0, 0.1) is 5.41 Å². The number of hydrogen-bond acceptors (Lipinski definition) is 3. The van der Waals surface area contributed by atoms with Crippen molar-refractivity contribution in [2.75, 3.05) is 0 Å². The maximum atomic E-state index is 4.39. The lowest BCUT2D eigenvalue weighted by Crippen LogP contribution is -2.37. The van der Waals surface area contributed by atoms with Crippen LogP contribution in [0.25, 0.3) is 0 Å². The number of rotatable bonds is 4. The maximum absolute atomic E-state index is 4.39. The van der Waals surface area contributed by atoms with E-state index < -0.39 is 0 Å². The molecule has 19 heavy (non-hydrogen) atoms. The van der Waals surface area contributed by atoms with E-state index in [9.17, 15) is 0 Å². The minimum atomic E-state index is 0.426. The van der Waals surface area contributed by atoms with Crippen molar-refractivity contribution in [3.05, 3.63) is 11.6 Å². The van der Waals surface area contributed by atoms with E-state index in [1.54, 1.807) is 0 Å². The summed E-state index contributed by atoms with van der Waals surface area (Å²) in [6, 6.07) is 0.622. The van der Waals surface area contributed by atoms with Gasteiger partial charge in [0.15, 0.2) is 0 Å². The van der Waals surface area contributed by atoms with Gasteiger partial charge in [0.05, 0.1) is 6.54 Å². The summed E-state index contributed by atoms with van der Waals surface area (Å²) in [5.41, 5.74) is 0.426. The Morgan fingerprint density at radius 1 is 1.21 bits per heavy atom. The first-order valence-electron chi connectivity index (χ1n) is 7.69. The summed E-state index contributed by atoms with van der Waals surface area (Å²) in [5, 5.41) is 12.5. The highest BCUT2D eigenvalue weighted by Crippen LogP contribution is 2.37. The van der Waals surface area contributed by atoms with Crippen molar-refractivity contribution in [2.45, 2.75) is 70.9 Å². The van der Waals surface area contributed by atoms with Gasteiger partial charge in [-0.3, -0.25) is 0 Å². The molecule has 0 spiro atoms. The molecule has 2 fully saturated rings. The summed E-state index contributed by atoms with van der Waals surface area (Å²) in [4.78, 5) is 0. The third-order valence-corrected chi connectivity index (χ3v) is 5.23. The van der Waals surface area contributed by atoms with Crippen LogP contribution in [0.1, 0.15) is 69.9 Å². The molecule has 2 saturated carbocycles. The van der Waals surface area contributed by atoms with Gasteiger partial charge in [0.2, 0.25) is 0 Å². The van der Waals surface area contributed by atoms with Crippen LogP contribution in [0.15, 0.2) is 0 Å². The Morgan fingerprint density at radius 3 is 2.58 bits per heavy atom. The molecule has 1 N–H and O–H groups in total. The molecule has 4 heteroatoms. The van der Waals surface area contributed by atoms with Crippen molar-refractivity contribution < 1.29 is 0 Å². The Labute approximate surface area is 116 Å². The Hall–Kier alpha value is -0.900. The van der Waals surface area contributed by atoms with Gasteiger partial charge in [-0.05, 0) is 31.1 Å². The zero-order valence-electron chi connectivity index (χ0n) is 12.4. The van der Waals surface area contributed by atoms with Crippen molar-refractivity contribution >= 4 is 0 Å². The van der Waals surface area contributed by atoms with Crippen LogP contribution >= 0.6 is 0 Å². The fourth-order valence-electron chi connectivity index (χ4n) is 3.47. The van der Waals surface area contributed by atoms with E-state index in [1.807, 2.05) is 0 Å². The van der Waals surface area contributed by atoms with Crippen LogP contribution in [0.3, 0.4) is 0 Å². The molecule has 1 aromatic heterocycles. The lowest BCUT2D eigenvalue weighted by Gasteiger charge is -2.28. The molecule has 0 saturated heterocycles. The van der Waals surface area contributed by atoms with Gasteiger partial charge in [0, 0.05) is 19.0 Å². The third-order valence-electron chi connectivity index (χ3n) is 5.23. The summed E-state index contributed by atoms with van der Waals surface area (Å²) in [6.45, 7) is 5.59. The van der Waals surface area contributed by atoms with E-state index in [2.05, 4.69) is 41.0 Å². The molecular weight excluding hydrogens is 236 g/mol. The lowest BCUT2D eigenvalue weighted by molar-refractivity contribution is 0.280. The molecule has 0 unspecified atom stereocenters. The molecular formula is C15H26N4. The second-order valence-electron chi connectivity index (χ2n) is 6.98. The minimum absolute atomic E-state index is 0.426. The standard InChI is InChI=1S/C15H26N4/c1-15(2)9-5-8-12(15)16-10-13-17-18-14(19(13)3)11-6-4-7-11/h11-12,16H,4-10H2,1-3H3/t12-/m1/s1. The van der Waals surface area contributed by atoms with Crippen molar-refractivity contribution in [1.82, 2.24) is 20.1 Å². The minimum Gasteiger partial charge on any atom is -0.317 e. The molecule has 0 bridgehead atoms. The molecule has 4 nitrogen and oxygen atoms in total. The molecule has 1 aromatic rings. The molecule has 1 heterocycles. The van der Waals surface area contributed by atoms with Gasteiger partial charge >= 0.3 is 0 Å². The number of nitrogens with zero attached hydrogens (tertiary/aromatic N) is 3. The van der Waals surface area contributed by atoms with Crippen molar-refractivity contribution in [3.8, 4) is 0 Å². The molecule has 3 rings (SSSR count). The van der Waals surface area contributed by atoms with Gasteiger partial charge in [-0.2, -0.15) is 0 Å². The summed E-state index contributed by atoms with van der Waals surface area (Å²) >= 11 is 0. The van der Waals surface area contributed by atoms with E-state index in [0.717, 1.165) is 12.4 Å². The van der Waals surface area contributed by atoms with Crippen LogP contribution in [-0.2, 0) is 13.6 Å². The highest BCUT2D eigenvalue weighted by Gasteiger charge is 2.34. The average molecular weight is 262 g/mol. The van der Waals surface area contributed by atoms with Crippen LogP contribution < -0.4 is 5.32 Å². The molecule has 106 valence electrons. The summed E-state index contributed by atoms with van der Waals surface area (Å²) in [6.07, 6.45) is 7.89. The topological polar surface area (TPSA) is 42.7 Å². The van der Waals surface area contributed by atoms with Crippen LogP contribution in [-0.4, -0.2) is 20.8 Å². The van der Waals surface area contributed by atoms with Gasteiger partial charge < -0.3 is 9.88 Å². The quantitative estimate of drug-likeness (QED) is 0.907. The Balaban J connectivity index is 1.62. The first kappa shape index (κ1) is 13.1. The van der Waals surface area contributed by atoms with Gasteiger partial charge in [-0.1, -0.05) is 26.7 Å². The number of aromatic nitrogens is 3. The van der Waals surface area contributed by atoms with Gasteiger partial charge in [-0.25, -0.2) is 0 Å². The van der Waals surface area contributed by atoms with E-state index in [0.29, 0.717) is 17.4 Å². The van der Waals surface area contributed by atoms with Crippen molar-refractivity contribution in [3.63, 3.8) is 0 Å². The van der Waals surface area contributed by atoms with E-state index in [-0.39, 0.29) is 0 Å². The maximum Gasteiger partial charge on any atom is 0.146 e. The predicted molar refractivity (Wildman–Crippen MR) is 75.9 cm³/mol. The van der Waals surface area contributed by atoms with Crippen LogP contribution in [0.2, 0.25) is 0 Å². The number of nitrogens with one attached hydrogen (secondary N) is 1. The second-order valence-corrected chi connectivity index (χ2v) is 6.98. The summed E-state index contributed by atoms with van der Waals surface area (Å²) < 4.78 is 2.21. The fourth-order valence-corrected chi connectivity index (χ4v) is 3.47. The molecule has 0 aromatic carbocycles. The SMILES string of the molecule is Cn1c(CN[C@@H]2CCCC2(C)C)nnc1C1CCC1. The van der Waals surface area contributed by atoms with E-state index in [1.165, 1.54) is 44.3 Å². The zero-order chi connectivity index (χ0) is 13.5. The van der Waals surface area contributed by atoms with Gasteiger partial charge in [-0.15, -0.1) is 10.2 Å². The van der Waals surface area contributed by atoms with Gasteiger partial charge in [0.1, 0.15) is 11.6 Å². The normalized spacial score (nSPS) is 26.6. The highest BCUT2D eigenvalue weighted by atomic mass is 15.3. The number of hydrogen-bond donors (Lipinski definition) is 1. The highest BCUT2D eigenvalue weighted by molar-refractivity contribution is 5.05. The Bertz CT molecular complexity index is 445. The molecule has 0 amide bonds. The second kappa shape index (κ2) is 4.89. The Kier molecular flexibility index (Phi) is 3.37. The molecule has 2 aliphatic rings. The van der Waals surface area contributed by atoms with Crippen LogP contribution in [0.5, 0.6) is 0 Å². The van der Waals surface area contributed by atoms with E-state index in [4.69, 9.17) is 0 Å². The first-order chi connectivity index (χ1) is 9.08. The smallest absolute Gasteiger partial charge is 0.146 e. The fraction of sp³-hybridized carbons (Fsp3) is 0.867. The molecule has 0 aliphatic heterocycles. The molecule has 0 radical (unpaired) electrons. The van der Waals surface area contributed by atoms with E-state index >= 15 is 0 Å². The molecule has 2 aliphatic carbocycles. The predicted octanol–water partition coefficient (Wildman–Crippen LogP) is 2.75. The zero-order valence-corrected chi connectivity index (χ0v) is 12.4. The lowest BCUT2D eigenvalue weighted by atomic mass is 9.85. The first-order valence-corrected chi connectivity index (χ1v) is 7.69. The molecule has 1 atom stereocenters. The summed E-state index contributed by atoms with van der Waals surface area (Å²) in [5.74, 6) is 2.94. The van der Waals surface area contributed by atoms with Crippen LogP contribution in [0.4, 0.5) is 0 Å². The Morgan fingerprint density at radius 2 is 2.00 bits per heavy atom. The van der Waals surface area contributed by atoms with Crippen molar-refractivity contribution in [2.24, 2.45) is 12.5 Å². The largest absolute Gasteiger partial charge is 0.317 e. The van der Waals surface area contributed by atoms with Gasteiger partial charge in [0.25, 0.3) is 0 Å². The summed E-state index contributed by atoms with van der Waals surface area (Å²) in [7, 11) is 2.12. The van der Waals surface area contributed by atoms with Crippen molar-refractivity contribution in [1.29, 1.82) is 0 Å². The third kappa shape index (κ3) is 2.42. The average Bonchev–Trinajstić information content (AvgIpc) is 2.79. The monoisotopic (exact) mass is 262 g/mol.